The molecule has 0 saturated carbocycles. The highest BCUT2D eigenvalue weighted by molar-refractivity contribution is 5.22. The molecule has 1 unspecified atom stereocenters. The maximum atomic E-state index is 13.4. The minimum Gasteiger partial charge on any atom is -0.396 e. The van der Waals surface area contributed by atoms with E-state index in [2.05, 4.69) is 5.32 Å². The molecule has 102 valence electrons. The number of benzene rings is 1. The zero-order chi connectivity index (χ0) is 13.8. The first-order valence-electron chi connectivity index (χ1n) is 5.81. The van der Waals surface area contributed by atoms with E-state index in [1.807, 2.05) is 13.8 Å². The highest BCUT2D eigenvalue weighted by atomic mass is 19.1. The molecule has 1 rings (SSSR count). The Morgan fingerprint density at radius 3 is 2.33 bits per heavy atom. The summed E-state index contributed by atoms with van der Waals surface area (Å²) in [4.78, 5) is 0. The van der Waals surface area contributed by atoms with E-state index >= 15 is 0 Å². The Morgan fingerprint density at radius 2 is 1.83 bits per heavy atom. The molecule has 0 saturated heterocycles. The fourth-order valence-electron chi connectivity index (χ4n) is 1.53. The van der Waals surface area contributed by atoms with E-state index in [4.69, 9.17) is 5.11 Å². The summed E-state index contributed by atoms with van der Waals surface area (Å²) < 4.78 is 26.7. The lowest BCUT2D eigenvalue weighted by molar-refractivity contribution is 0.135. The smallest absolute Gasteiger partial charge is 0.131 e. The third-order valence-corrected chi connectivity index (χ3v) is 2.70. The lowest BCUT2D eigenvalue weighted by Crippen LogP contribution is -2.34. The van der Waals surface area contributed by atoms with E-state index in [1.54, 1.807) is 0 Å². The standard InChI is InChI=1S/C13H19F2NO2/c1-13(2,8-17)7-16-6-11(18)12-9(14)4-3-5-10(12)15/h3-5,11,16-18H,6-8H2,1-2H3. The molecule has 0 radical (unpaired) electrons. The van der Waals surface area contributed by atoms with Crippen molar-refractivity contribution in [1.29, 1.82) is 0 Å². The first kappa shape index (κ1) is 15.0. The van der Waals surface area contributed by atoms with E-state index in [-0.39, 0.29) is 24.1 Å². The second-order valence-corrected chi connectivity index (χ2v) is 5.10. The second-order valence-electron chi connectivity index (χ2n) is 5.10. The number of halogens is 2. The van der Waals surface area contributed by atoms with Gasteiger partial charge in [0.2, 0.25) is 0 Å². The first-order valence-corrected chi connectivity index (χ1v) is 5.81. The molecule has 0 spiro atoms. The van der Waals surface area contributed by atoms with Gasteiger partial charge in [0.1, 0.15) is 11.6 Å². The summed E-state index contributed by atoms with van der Waals surface area (Å²) in [7, 11) is 0. The lowest BCUT2D eigenvalue weighted by atomic mass is 9.95. The predicted octanol–water partition coefficient (Wildman–Crippen LogP) is 1.61. The van der Waals surface area contributed by atoms with Gasteiger partial charge in [0.25, 0.3) is 0 Å². The van der Waals surface area contributed by atoms with Crippen molar-refractivity contribution in [3.63, 3.8) is 0 Å². The molecule has 1 atom stereocenters. The van der Waals surface area contributed by atoms with E-state index in [9.17, 15) is 13.9 Å². The molecule has 0 aromatic heterocycles. The molecule has 3 N–H and O–H groups in total. The monoisotopic (exact) mass is 259 g/mol. The number of hydrogen-bond acceptors (Lipinski definition) is 3. The van der Waals surface area contributed by atoms with Gasteiger partial charge in [0.15, 0.2) is 0 Å². The second kappa shape index (κ2) is 6.22. The summed E-state index contributed by atoms with van der Waals surface area (Å²) >= 11 is 0. The Bertz CT molecular complexity index is 376. The molecule has 0 heterocycles. The molecule has 18 heavy (non-hydrogen) atoms. The van der Waals surface area contributed by atoms with Crippen LogP contribution in [0, 0.1) is 17.0 Å². The Kier molecular flexibility index (Phi) is 5.19. The SMILES string of the molecule is CC(C)(CO)CNCC(O)c1c(F)cccc1F. The summed E-state index contributed by atoms with van der Waals surface area (Å²) in [6, 6.07) is 3.47. The van der Waals surface area contributed by atoms with Crippen molar-refractivity contribution in [3.8, 4) is 0 Å². The van der Waals surface area contributed by atoms with Crippen LogP contribution in [0.25, 0.3) is 0 Å². The summed E-state index contributed by atoms with van der Waals surface area (Å²) in [5.41, 5.74) is -0.667. The summed E-state index contributed by atoms with van der Waals surface area (Å²) in [5.74, 6) is -1.52. The minimum absolute atomic E-state index is 0.00977. The summed E-state index contributed by atoms with van der Waals surface area (Å²) in [5, 5.41) is 21.7. The van der Waals surface area contributed by atoms with Crippen molar-refractivity contribution in [1.82, 2.24) is 5.32 Å². The van der Waals surface area contributed by atoms with Crippen LogP contribution < -0.4 is 5.32 Å². The van der Waals surface area contributed by atoms with Gasteiger partial charge in [-0.1, -0.05) is 19.9 Å². The van der Waals surface area contributed by atoms with Crippen LogP contribution in [0.4, 0.5) is 8.78 Å². The molecule has 3 nitrogen and oxygen atoms in total. The maximum Gasteiger partial charge on any atom is 0.131 e. The number of aliphatic hydroxyl groups excluding tert-OH is 2. The van der Waals surface area contributed by atoms with Crippen molar-refractivity contribution in [3.05, 3.63) is 35.4 Å². The molecule has 0 aliphatic carbocycles. The number of hydrogen-bond donors (Lipinski definition) is 3. The van der Waals surface area contributed by atoms with Gasteiger partial charge in [-0.3, -0.25) is 0 Å². The fourth-order valence-corrected chi connectivity index (χ4v) is 1.53. The van der Waals surface area contributed by atoms with Gasteiger partial charge >= 0.3 is 0 Å². The molecule has 1 aromatic rings. The molecule has 0 bridgehead atoms. The van der Waals surface area contributed by atoms with Crippen molar-refractivity contribution >= 4 is 0 Å². The molecule has 0 aliphatic heterocycles. The quantitative estimate of drug-likeness (QED) is 0.727. The number of rotatable bonds is 6. The average molecular weight is 259 g/mol. The molecule has 0 amide bonds. The van der Waals surface area contributed by atoms with Gasteiger partial charge in [0, 0.05) is 25.1 Å². The largest absolute Gasteiger partial charge is 0.396 e. The Labute approximate surface area is 105 Å². The normalized spacial score (nSPS) is 13.7. The van der Waals surface area contributed by atoms with Gasteiger partial charge in [-0.25, -0.2) is 8.78 Å². The zero-order valence-electron chi connectivity index (χ0n) is 10.6. The Hall–Kier alpha value is -1.04. The molecule has 0 aliphatic rings. The number of aliphatic hydroxyl groups is 2. The van der Waals surface area contributed by atoms with Gasteiger partial charge < -0.3 is 15.5 Å². The molecule has 0 fully saturated rings. The topological polar surface area (TPSA) is 52.5 Å². The third-order valence-electron chi connectivity index (χ3n) is 2.70. The van der Waals surface area contributed by atoms with Gasteiger partial charge in [-0.15, -0.1) is 0 Å². The van der Waals surface area contributed by atoms with Crippen molar-refractivity contribution in [2.45, 2.75) is 20.0 Å². The van der Waals surface area contributed by atoms with Crippen LogP contribution in [-0.4, -0.2) is 29.9 Å². The van der Waals surface area contributed by atoms with Crippen molar-refractivity contribution in [2.24, 2.45) is 5.41 Å². The van der Waals surface area contributed by atoms with E-state index in [1.165, 1.54) is 6.07 Å². The summed E-state index contributed by atoms with van der Waals surface area (Å²) in [6.45, 7) is 4.15. The lowest BCUT2D eigenvalue weighted by Gasteiger charge is -2.23. The molecule has 5 heteroatoms. The highest BCUT2D eigenvalue weighted by Gasteiger charge is 2.20. The van der Waals surface area contributed by atoms with Crippen molar-refractivity contribution in [2.75, 3.05) is 19.7 Å². The maximum absolute atomic E-state index is 13.4. The highest BCUT2D eigenvalue weighted by Crippen LogP contribution is 2.20. The van der Waals surface area contributed by atoms with Crippen LogP contribution in [0.2, 0.25) is 0 Å². The molecular weight excluding hydrogens is 240 g/mol. The molecular formula is C13H19F2NO2. The van der Waals surface area contributed by atoms with Crippen LogP contribution in [0.1, 0.15) is 25.5 Å². The van der Waals surface area contributed by atoms with E-state index in [0.717, 1.165) is 12.1 Å². The van der Waals surface area contributed by atoms with Crippen molar-refractivity contribution < 1.29 is 19.0 Å². The molecule has 1 aromatic carbocycles. The van der Waals surface area contributed by atoms with Gasteiger partial charge in [-0.05, 0) is 12.1 Å². The van der Waals surface area contributed by atoms with Crippen LogP contribution in [0.5, 0.6) is 0 Å². The van der Waals surface area contributed by atoms with Crippen LogP contribution in [0.15, 0.2) is 18.2 Å². The number of nitrogens with one attached hydrogen (secondary N) is 1. The van der Waals surface area contributed by atoms with Crippen LogP contribution in [0.3, 0.4) is 0 Å². The average Bonchev–Trinajstić information content (AvgIpc) is 2.28. The van der Waals surface area contributed by atoms with Gasteiger partial charge in [-0.2, -0.15) is 0 Å². The van der Waals surface area contributed by atoms with E-state index < -0.39 is 17.7 Å². The first-order chi connectivity index (χ1) is 8.37. The third kappa shape index (κ3) is 4.01. The minimum atomic E-state index is -1.25. The van der Waals surface area contributed by atoms with Crippen LogP contribution >= 0.6 is 0 Å². The summed E-state index contributed by atoms with van der Waals surface area (Å²) in [6.07, 6.45) is -1.25. The Balaban J connectivity index is 2.58. The predicted molar refractivity (Wildman–Crippen MR) is 65.1 cm³/mol. The Morgan fingerprint density at radius 1 is 1.28 bits per heavy atom. The van der Waals surface area contributed by atoms with Gasteiger partial charge in [0.05, 0.1) is 11.7 Å². The fraction of sp³-hybridized carbons (Fsp3) is 0.538. The van der Waals surface area contributed by atoms with E-state index in [0.29, 0.717) is 6.54 Å². The zero-order valence-corrected chi connectivity index (χ0v) is 10.6. The van der Waals surface area contributed by atoms with Crippen LogP contribution in [-0.2, 0) is 0 Å².